The minimum absolute atomic E-state index is 0.0307. The molecule has 0 radical (unpaired) electrons. The fraction of sp³-hybridized carbons (Fsp3) is 0.211. The van der Waals surface area contributed by atoms with Gasteiger partial charge >= 0.3 is 0 Å². The molecule has 0 spiro atoms. The van der Waals surface area contributed by atoms with Gasteiger partial charge in [0.25, 0.3) is 11.4 Å². The van der Waals surface area contributed by atoms with E-state index in [2.05, 4.69) is 49.9 Å². The Balaban J connectivity index is 1.11. The van der Waals surface area contributed by atoms with Crippen LogP contribution >= 0.6 is 0 Å². The van der Waals surface area contributed by atoms with Crippen molar-refractivity contribution in [3.05, 3.63) is 163 Å². The summed E-state index contributed by atoms with van der Waals surface area (Å²) in [7, 11) is 4.22. The van der Waals surface area contributed by atoms with Gasteiger partial charge in [-0.05, 0) is 110 Å². The molecule has 0 bridgehead atoms. The van der Waals surface area contributed by atoms with Crippen molar-refractivity contribution >= 4 is 11.4 Å². The van der Waals surface area contributed by atoms with Crippen LogP contribution in [0.25, 0.3) is 0 Å². The average Bonchev–Trinajstić information content (AvgIpc) is 3.06. The second kappa shape index (κ2) is 15.3. The van der Waals surface area contributed by atoms with E-state index in [0.29, 0.717) is 23.0 Å². The molecule has 0 saturated carbocycles. The van der Waals surface area contributed by atoms with E-state index in [1.807, 2.05) is 48.5 Å². The van der Waals surface area contributed by atoms with Crippen molar-refractivity contribution in [2.45, 2.75) is 40.0 Å². The van der Waals surface area contributed by atoms with E-state index in [-0.39, 0.29) is 11.4 Å². The van der Waals surface area contributed by atoms with E-state index >= 15 is 0 Å². The van der Waals surface area contributed by atoms with E-state index in [4.69, 9.17) is 9.47 Å². The van der Waals surface area contributed by atoms with Gasteiger partial charge in [0.05, 0.1) is 9.85 Å². The maximum atomic E-state index is 10.9. The van der Waals surface area contributed by atoms with Crippen molar-refractivity contribution in [2.24, 2.45) is 0 Å². The number of aryl methyl sites for hydroxylation is 2. The molecule has 0 fully saturated rings. The third kappa shape index (κ3) is 9.25. The molecule has 0 aromatic heterocycles. The molecule has 5 aromatic carbocycles. The predicted molar refractivity (Wildman–Crippen MR) is 185 cm³/mol. The molecular formula is C38H38N4O6. The standard InChI is InChI=1S/C38H38N4O6/c1-27-21-32(26-40(4)24-30-7-15-36(16-8-30)48-38-19-11-34(12-20-38)42(45)46)28(2)22-31(27)25-39(3)23-29-5-13-35(14-6-29)47-37-17-9-33(10-18-37)41(43)44/h5-22H,23-26H2,1-4H3. The van der Waals surface area contributed by atoms with Gasteiger partial charge in [-0.15, -0.1) is 0 Å². The molecule has 246 valence electrons. The van der Waals surface area contributed by atoms with Gasteiger partial charge in [0.1, 0.15) is 23.0 Å². The molecule has 0 aliphatic heterocycles. The lowest BCUT2D eigenvalue weighted by Crippen LogP contribution is -2.20. The first-order valence-electron chi connectivity index (χ1n) is 15.5. The maximum Gasteiger partial charge on any atom is 0.269 e. The number of nitro groups is 2. The molecule has 0 amide bonds. The smallest absolute Gasteiger partial charge is 0.269 e. The van der Waals surface area contributed by atoms with Crippen molar-refractivity contribution in [1.29, 1.82) is 0 Å². The quantitative estimate of drug-likeness (QED) is 0.0868. The summed E-state index contributed by atoms with van der Waals surface area (Å²) < 4.78 is 11.7. The molecule has 10 nitrogen and oxygen atoms in total. The first kappa shape index (κ1) is 33.8. The molecule has 0 aliphatic rings. The lowest BCUT2D eigenvalue weighted by atomic mass is 9.99. The second-order valence-corrected chi connectivity index (χ2v) is 12.0. The van der Waals surface area contributed by atoms with Gasteiger partial charge in [-0.2, -0.15) is 0 Å². The minimum atomic E-state index is -0.430. The van der Waals surface area contributed by atoms with E-state index in [0.717, 1.165) is 37.3 Å². The average molecular weight is 647 g/mol. The van der Waals surface area contributed by atoms with Crippen molar-refractivity contribution in [2.75, 3.05) is 14.1 Å². The number of rotatable bonds is 14. The Morgan fingerprint density at radius 2 is 0.792 bits per heavy atom. The minimum Gasteiger partial charge on any atom is -0.457 e. The monoisotopic (exact) mass is 646 g/mol. The molecule has 5 aromatic rings. The van der Waals surface area contributed by atoms with Crippen molar-refractivity contribution in [3.63, 3.8) is 0 Å². The lowest BCUT2D eigenvalue weighted by Gasteiger charge is -2.22. The number of hydrogen-bond acceptors (Lipinski definition) is 8. The van der Waals surface area contributed by atoms with Crippen LogP contribution in [-0.4, -0.2) is 33.7 Å². The van der Waals surface area contributed by atoms with Gasteiger partial charge in [-0.25, -0.2) is 0 Å². The summed E-state index contributed by atoms with van der Waals surface area (Å²) in [5, 5.41) is 21.7. The summed E-state index contributed by atoms with van der Waals surface area (Å²) in [6.07, 6.45) is 0. The number of ether oxygens (including phenoxy) is 2. The summed E-state index contributed by atoms with van der Waals surface area (Å²) in [5.41, 5.74) is 7.49. The third-order valence-corrected chi connectivity index (χ3v) is 7.99. The molecule has 0 unspecified atom stereocenters. The largest absolute Gasteiger partial charge is 0.457 e. The van der Waals surface area contributed by atoms with Crippen LogP contribution in [0.3, 0.4) is 0 Å². The second-order valence-electron chi connectivity index (χ2n) is 12.0. The molecule has 0 aliphatic carbocycles. The molecular weight excluding hydrogens is 608 g/mol. The lowest BCUT2D eigenvalue weighted by molar-refractivity contribution is -0.385. The summed E-state index contributed by atoms with van der Waals surface area (Å²) in [4.78, 5) is 25.4. The van der Waals surface area contributed by atoms with Crippen LogP contribution in [-0.2, 0) is 26.2 Å². The van der Waals surface area contributed by atoms with Crippen LogP contribution in [0.5, 0.6) is 23.0 Å². The van der Waals surface area contributed by atoms with Crippen LogP contribution in [0.2, 0.25) is 0 Å². The maximum absolute atomic E-state index is 10.9. The highest BCUT2D eigenvalue weighted by molar-refractivity contribution is 5.41. The summed E-state index contributed by atoms with van der Waals surface area (Å²) >= 11 is 0. The zero-order chi connectivity index (χ0) is 34.2. The fourth-order valence-corrected chi connectivity index (χ4v) is 5.46. The number of non-ortho nitro benzene ring substituents is 2. The number of benzene rings is 5. The molecule has 0 saturated heterocycles. The SMILES string of the molecule is Cc1cc(CN(C)Cc2ccc(Oc3ccc([N+](=O)[O-])cc3)cc2)c(C)cc1CN(C)Cc1ccc(Oc2ccc([N+](=O)[O-])cc2)cc1. The summed E-state index contributed by atoms with van der Waals surface area (Å²) in [6.45, 7) is 7.52. The Morgan fingerprint density at radius 3 is 1.08 bits per heavy atom. The van der Waals surface area contributed by atoms with Gasteiger partial charge in [0.2, 0.25) is 0 Å². The topological polar surface area (TPSA) is 111 Å². The molecule has 0 heterocycles. The van der Waals surface area contributed by atoms with Crippen molar-refractivity contribution < 1.29 is 19.3 Å². The summed E-state index contributed by atoms with van der Waals surface area (Å²) in [5.74, 6) is 2.45. The molecule has 48 heavy (non-hydrogen) atoms. The Labute approximate surface area is 280 Å². The van der Waals surface area contributed by atoms with E-state index in [9.17, 15) is 20.2 Å². The van der Waals surface area contributed by atoms with Crippen LogP contribution in [0.4, 0.5) is 11.4 Å². The molecule has 0 atom stereocenters. The van der Waals surface area contributed by atoms with Crippen LogP contribution in [0.15, 0.2) is 109 Å². The van der Waals surface area contributed by atoms with Gasteiger partial charge in [-0.1, -0.05) is 36.4 Å². The number of nitro benzene ring substituents is 2. The van der Waals surface area contributed by atoms with Crippen molar-refractivity contribution in [3.8, 4) is 23.0 Å². The van der Waals surface area contributed by atoms with E-state index in [1.165, 1.54) is 46.5 Å². The highest BCUT2D eigenvalue weighted by Gasteiger charge is 2.12. The zero-order valence-corrected chi connectivity index (χ0v) is 27.5. The Morgan fingerprint density at radius 1 is 0.500 bits per heavy atom. The van der Waals surface area contributed by atoms with E-state index < -0.39 is 9.85 Å². The highest BCUT2D eigenvalue weighted by atomic mass is 16.6. The highest BCUT2D eigenvalue weighted by Crippen LogP contribution is 2.27. The van der Waals surface area contributed by atoms with Crippen LogP contribution < -0.4 is 9.47 Å². The normalized spacial score (nSPS) is 11.1. The van der Waals surface area contributed by atoms with Crippen LogP contribution in [0, 0.1) is 34.1 Å². The fourth-order valence-electron chi connectivity index (χ4n) is 5.46. The molecule has 0 N–H and O–H groups in total. The Bertz CT molecular complexity index is 1720. The van der Waals surface area contributed by atoms with Gasteiger partial charge in [0.15, 0.2) is 0 Å². The number of nitrogens with zero attached hydrogens (tertiary/aromatic N) is 4. The summed E-state index contributed by atoms with van der Waals surface area (Å²) in [6, 6.07) is 32.5. The molecule has 10 heteroatoms. The first-order chi connectivity index (χ1) is 23.0. The predicted octanol–water partition coefficient (Wildman–Crippen LogP) is 8.97. The van der Waals surface area contributed by atoms with Gasteiger partial charge in [0, 0.05) is 50.4 Å². The Kier molecular flexibility index (Phi) is 10.8. The first-order valence-corrected chi connectivity index (χ1v) is 15.5. The van der Waals surface area contributed by atoms with Gasteiger partial charge in [-0.3, -0.25) is 30.0 Å². The van der Waals surface area contributed by atoms with E-state index in [1.54, 1.807) is 24.3 Å². The van der Waals surface area contributed by atoms with Gasteiger partial charge < -0.3 is 9.47 Å². The van der Waals surface area contributed by atoms with Crippen molar-refractivity contribution in [1.82, 2.24) is 9.80 Å². The van der Waals surface area contributed by atoms with Crippen LogP contribution in [0.1, 0.15) is 33.4 Å². The molecule has 5 rings (SSSR count). The number of hydrogen-bond donors (Lipinski definition) is 0. The Hall–Kier alpha value is -5.58. The third-order valence-electron chi connectivity index (χ3n) is 7.99. The zero-order valence-electron chi connectivity index (χ0n) is 27.5.